The summed E-state index contributed by atoms with van der Waals surface area (Å²) < 4.78 is 15.8. The highest BCUT2D eigenvalue weighted by molar-refractivity contribution is 5.28. The molecule has 0 heterocycles. The van der Waals surface area contributed by atoms with Gasteiger partial charge in [-0.05, 0) is 31.0 Å². The van der Waals surface area contributed by atoms with E-state index in [2.05, 4.69) is 0 Å². The molecule has 0 bridgehead atoms. The van der Waals surface area contributed by atoms with Gasteiger partial charge < -0.3 is 24.4 Å². The van der Waals surface area contributed by atoms with Gasteiger partial charge >= 0.3 is 0 Å². The predicted octanol–water partition coefficient (Wildman–Crippen LogP) is 1.92. The average Bonchev–Trinajstić information content (AvgIpc) is 2.51. The van der Waals surface area contributed by atoms with E-state index in [0.29, 0.717) is 18.8 Å². The van der Waals surface area contributed by atoms with E-state index < -0.39 is 12.2 Å². The van der Waals surface area contributed by atoms with Crippen molar-refractivity contribution < 1.29 is 24.4 Å². The molecule has 0 aliphatic heterocycles. The highest BCUT2D eigenvalue weighted by Crippen LogP contribution is 2.19. The summed E-state index contributed by atoms with van der Waals surface area (Å²) in [4.78, 5) is 0. The lowest BCUT2D eigenvalue weighted by Crippen LogP contribution is -2.27. The molecule has 5 heteroatoms. The SMILES string of the molecule is CCC(O)c1ccc(OCC(O)COC(C)COC)cc1. The number of hydrogen-bond donors (Lipinski definition) is 2. The quantitative estimate of drug-likeness (QED) is 0.691. The van der Waals surface area contributed by atoms with Crippen molar-refractivity contribution >= 4 is 0 Å². The van der Waals surface area contributed by atoms with E-state index >= 15 is 0 Å². The fourth-order valence-corrected chi connectivity index (χ4v) is 1.82. The zero-order valence-electron chi connectivity index (χ0n) is 13.0. The van der Waals surface area contributed by atoms with Gasteiger partial charge in [-0.1, -0.05) is 19.1 Å². The zero-order valence-corrected chi connectivity index (χ0v) is 13.0. The molecule has 1 aromatic carbocycles. The second-order valence-corrected chi connectivity index (χ2v) is 5.06. The number of ether oxygens (including phenoxy) is 3. The Bertz CT molecular complexity index is 379. The minimum Gasteiger partial charge on any atom is -0.491 e. The molecule has 0 aromatic heterocycles. The van der Waals surface area contributed by atoms with Gasteiger partial charge in [0, 0.05) is 7.11 Å². The Morgan fingerprint density at radius 2 is 1.71 bits per heavy atom. The molecule has 0 aliphatic carbocycles. The Morgan fingerprint density at radius 3 is 2.29 bits per heavy atom. The molecule has 2 N–H and O–H groups in total. The highest BCUT2D eigenvalue weighted by atomic mass is 16.5. The summed E-state index contributed by atoms with van der Waals surface area (Å²) in [5.41, 5.74) is 0.863. The van der Waals surface area contributed by atoms with Gasteiger partial charge in [0.2, 0.25) is 0 Å². The Morgan fingerprint density at radius 1 is 1.05 bits per heavy atom. The molecule has 0 aliphatic rings. The Kier molecular flexibility index (Phi) is 8.30. The second kappa shape index (κ2) is 9.73. The molecule has 0 saturated heterocycles. The monoisotopic (exact) mass is 298 g/mol. The van der Waals surface area contributed by atoms with Crippen LogP contribution in [-0.2, 0) is 9.47 Å². The lowest BCUT2D eigenvalue weighted by atomic mass is 10.1. The fraction of sp³-hybridized carbons (Fsp3) is 0.625. The van der Waals surface area contributed by atoms with Crippen molar-refractivity contribution in [3.63, 3.8) is 0 Å². The van der Waals surface area contributed by atoms with Crippen molar-refractivity contribution in [2.24, 2.45) is 0 Å². The molecule has 120 valence electrons. The van der Waals surface area contributed by atoms with Crippen LogP contribution in [0.25, 0.3) is 0 Å². The van der Waals surface area contributed by atoms with E-state index in [9.17, 15) is 10.2 Å². The summed E-state index contributed by atoms with van der Waals surface area (Å²) in [5.74, 6) is 0.658. The molecule has 0 spiro atoms. The van der Waals surface area contributed by atoms with Crippen LogP contribution in [0.4, 0.5) is 0 Å². The van der Waals surface area contributed by atoms with E-state index in [1.54, 1.807) is 19.2 Å². The standard InChI is InChI=1S/C16H26O5/c1-4-16(18)13-5-7-15(8-6-13)21-11-14(17)10-20-12(2)9-19-3/h5-8,12,14,16-18H,4,9-11H2,1-3H3. The van der Waals surface area contributed by atoms with Gasteiger partial charge in [0.1, 0.15) is 18.5 Å². The first-order valence-corrected chi connectivity index (χ1v) is 7.26. The lowest BCUT2D eigenvalue weighted by Gasteiger charge is -2.16. The molecule has 21 heavy (non-hydrogen) atoms. The van der Waals surface area contributed by atoms with Crippen molar-refractivity contribution in [2.45, 2.75) is 38.6 Å². The van der Waals surface area contributed by atoms with Crippen LogP contribution >= 0.6 is 0 Å². The van der Waals surface area contributed by atoms with Crippen molar-refractivity contribution in [3.05, 3.63) is 29.8 Å². The van der Waals surface area contributed by atoms with Gasteiger partial charge in [-0.3, -0.25) is 0 Å². The number of benzene rings is 1. The molecule has 0 fully saturated rings. The average molecular weight is 298 g/mol. The first-order valence-electron chi connectivity index (χ1n) is 7.26. The summed E-state index contributed by atoms with van der Waals surface area (Å²) in [6, 6.07) is 7.23. The molecule has 0 radical (unpaired) electrons. The molecule has 0 amide bonds. The van der Waals surface area contributed by atoms with E-state index in [-0.39, 0.29) is 19.3 Å². The summed E-state index contributed by atoms with van der Waals surface area (Å²) in [5, 5.41) is 19.5. The largest absolute Gasteiger partial charge is 0.491 e. The molecule has 3 atom stereocenters. The summed E-state index contributed by atoms with van der Waals surface area (Å²) in [6.07, 6.45) is -0.513. The Labute approximate surface area is 126 Å². The summed E-state index contributed by atoms with van der Waals surface area (Å²) in [6.45, 7) is 4.67. The number of aliphatic hydroxyl groups excluding tert-OH is 2. The number of aliphatic hydroxyl groups is 2. The topological polar surface area (TPSA) is 68.2 Å². The molecule has 3 unspecified atom stereocenters. The van der Waals surface area contributed by atoms with E-state index in [1.165, 1.54) is 0 Å². The molecule has 5 nitrogen and oxygen atoms in total. The van der Waals surface area contributed by atoms with Crippen LogP contribution < -0.4 is 4.74 Å². The van der Waals surface area contributed by atoms with Gasteiger partial charge in [0.15, 0.2) is 0 Å². The maximum atomic E-state index is 9.78. The van der Waals surface area contributed by atoms with E-state index in [1.807, 2.05) is 26.0 Å². The zero-order chi connectivity index (χ0) is 15.7. The van der Waals surface area contributed by atoms with Crippen molar-refractivity contribution in [1.29, 1.82) is 0 Å². The molecule has 0 saturated carbocycles. The van der Waals surface area contributed by atoms with Crippen LogP contribution in [0, 0.1) is 0 Å². The highest BCUT2D eigenvalue weighted by Gasteiger charge is 2.09. The van der Waals surface area contributed by atoms with Crippen LogP contribution in [0.5, 0.6) is 5.75 Å². The van der Waals surface area contributed by atoms with Crippen LogP contribution in [0.2, 0.25) is 0 Å². The van der Waals surface area contributed by atoms with Gasteiger partial charge in [0.25, 0.3) is 0 Å². The smallest absolute Gasteiger partial charge is 0.119 e. The normalized spacial score (nSPS) is 15.5. The van der Waals surface area contributed by atoms with Gasteiger partial charge in [0.05, 0.1) is 25.4 Å². The number of methoxy groups -OCH3 is 1. The van der Waals surface area contributed by atoms with Crippen LogP contribution in [0.3, 0.4) is 0 Å². The lowest BCUT2D eigenvalue weighted by molar-refractivity contribution is -0.0423. The number of hydrogen-bond acceptors (Lipinski definition) is 5. The van der Waals surface area contributed by atoms with Gasteiger partial charge in [-0.15, -0.1) is 0 Å². The molecular formula is C16H26O5. The Hall–Kier alpha value is -1.14. The third-order valence-electron chi connectivity index (χ3n) is 3.07. The summed E-state index contributed by atoms with van der Waals surface area (Å²) in [7, 11) is 1.61. The van der Waals surface area contributed by atoms with Crippen molar-refractivity contribution in [1.82, 2.24) is 0 Å². The minimum absolute atomic E-state index is 0.0561. The predicted molar refractivity (Wildman–Crippen MR) is 80.5 cm³/mol. The van der Waals surface area contributed by atoms with Crippen LogP contribution in [-0.4, -0.2) is 49.4 Å². The third-order valence-corrected chi connectivity index (χ3v) is 3.07. The summed E-state index contributed by atoms with van der Waals surface area (Å²) >= 11 is 0. The second-order valence-electron chi connectivity index (χ2n) is 5.06. The van der Waals surface area contributed by atoms with Gasteiger partial charge in [-0.25, -0.2) is 0 Å². The first-order chi connectivity index (χ1) is 10.1. The minimum atomic E-state index is -0.690. The number of rotatable bonds is 10. The van der Waals surface area contributed by atoms with Crippen molar-refractivity contribution in [3.8, 4) is 5.75 Å². The molecule has 1 rings (SSSR count). The van der Waals surface area contributed by atoms with E-state index in [4.69, 9.17) is 14.2 Å². The Balaban J connectivity index is 2.31. The first kappa shape index (κ1) is 17.9. The van der Waals surface area contributed by atoms with Crippen molar-refractivity contribution in [2.75, 3.05) is 26.9 Å². The maximum Gasteiger partial charge on any atom is 0.119 e. The molecular weight excluding hydrogens is 272 g/mol. The van der Waals surface area contributed by atoms with E-state index in [0.717, 1.165) is 5.56 Å². The third kappa shape index (κ3) is 6.91. The van der Waals surface area contributed by atoms with Crippen LogP contribution in [0.15, 0.2) is 24.3 Å². The fourth-order valence-electron chi connectivity index (χ4n) is 1.82. The molecule has 1 aromatic rings. The maximum absolute atomic E-state index is 9.78. The van der Waals surface area contributed by atoms with Crippen LogP contribution in [0.1, 0.15) is 31.9 Å². The van der Waals surface area contributed by atoms with Gasteiger partial charge in [-0.2, -0.15) is 0 Å².